The number of nitrogens with zero attached hydrogens (tertiary/aromatic N) is 2. The van der Waals surface area contributed by atoms with Crippen LogP contribution in [0.1, 0.15) is 5.56 Å². The van der Waals surface area contributed by atoms with Crippen LogP contribution in [0, 0.1) is 0 Å². The van der Waals surface area contributed by atoms with Crippen molar-refractivity contribution in [2.45, 2.75) is 6.54 Å². The SMILES string of the molecule is COCCn1c(=NC(=O)C=Cc2cc(OC)c(OC)c(OC)c2)sc2ccccc21. The predicted octanol–water partition coefficient (Wildman–Crippen LogP) is 3.52. The number of thiazole rings is 1. The minimum absolute atomic E-state index is 0.360. The molecule has 0 fully saturated rings. The second kappa shape index (κ2) is 10.1. The van der Waals surface area contributed by atoms with Gasteiger partial charge < -0.3 is 23.5 Å². The van der Waals surface area contributed by atoms with E-state index in [4.69, 9.17) is 18.9 Å². The molecule has 158 valence electrons. The molecule has 2 aromatic carbocycles. The number of benzene rings is 2. The fourth-order valence-electron chi connectivity index (χ4n) is 3.00. The molecule has 7 nitrogen and oxygen atoms in total. The largest absolute Gasteiger partial charge is 0.493 e. The van der Waals surface area contributed by atoms with Gasteiger partial charge in [0, 0.05) is 19.7 Å². The van der Waals surface area contributed by atoms with Gasteiger partial charge in [-0.1, -0.05) is 23.5 Å². The third-order valence-electron chi connectivity index (χ3n) is 4.42. The zero-order chi connectivity index (χ0) is 21.5. The smallest absolute Gasteiger partial charge is 0.272 e. The molecule has 0 aliphatic rings. The van der Waals surface area contributed by atoms with E-state index in [1.54, 1.807) is 46.6 Å². The van der Waals surface area contributed by atoms with Crippen LogP contribution >= 0.6 is 11.3 Å². The highest BCUT2D eigenvalue weighted by Gasteiger charge is 2.12. The summed E-state index contributed by atoms with van der Waals surface area (Å²) >= 11 is 1.47. The van der Waals surface area contributed by atoms with Crippen molar-refractivity contribution in [3.8, 4) is 17.2 Å². The molecule has 0 saturated carbocycles. The molecule has 3 aromatic rings. The molecule has 0 unspecified atom stereocenters. The maximum absolute atomic E-state index is 12.5. The van der Waals surface area contributed by atoms with Crippen LogP contribution in [0.5, 0.6) is 17.2 Å². The molecule has 30 heavy (non-hydrogen) atoms. The van der Waals surface area contributed by atoms with Crippen molar-refractivity contribution in [2.24, 2.45) is 4.99 Å². The Hall–Kier alpha value is -3.10. The lowest BCUT2D eigenvalue weighted by Crippen LogP contribution is -2.18. The van der Waals surface area contributed by atoms with Crippen LogP contribution in [0.4, 0.5) is 0 Å². The van der Waals surface area contributed by atoms with Gasteiger partial charge in [0.15, 0.2) is 16.3 Å². The normalized spacial score (nSPS) is 11.9. The van der Waals surface area contributed by atoms with Crippen molar-refractivity contribution in [1.29, 1.82) is 0 Å². The van der Waals surface area contributed by atoms with Crippen molar-refractivity contribution in [2.75, 3.05) is 35.0 Å². The Morgan fingerprint density at radius 1 is 1.07 bits per heavy atom. The quantitative estimate of drug-likeness (QED) is 0.514. The van der Waals surface area contributed by atoms with E-state index in [1.807, 2.05) is 28.8 Å². The molecule has 1 heterocycles. The van der Waals surface area contributed by atoms with Crippen LogP contribution in [-0.2, 0) is 16.1 Å². The Kier molecular flexibility index (Phi) is 7.26. The molecule has 0 bridgehead atoms. The Labute approximate surface area is 178 Å². The van der Waals surface area contributed by atoms with E-state index < -0.39 is 0 Å². The number of fused-ring (bicyclic) bond motifs is 1. The summed E-state index contributed by atoms with van der Waals surface area (Å²) in [5.74, 6) is 1.17. The molecular formula is C22H24N2O5S. The zero-order valence-corrected chi connectivity index (χ0v) is 18.2. The molecule has 0 atom stereocenters. The lowest BCUT2D eigenvalue weighted by molar-refractivity contribution is -0.113. The van der Waals surface area contributed by atoms with E-state index in [2.05, 4.69) is 4.99 Å². The Morgan fingerprint density at radius 3 is 2.40 bits per heavy atom. The molecule has 0 radical (unpaired) electrons. The molecule has 3 rings (SSSR count). The summed E-state index contributed by atoms with van der Waals surface area (Å²) in [6.07, 6.45) is 3.09. The van der Waals surface area contributed by atoms with Crippen LogP contribution in [0.15, 0.2) is 47.5 Å². The first-order valence-corrected chi connectivity index (χ1v) is 10.1. The molecule has 0 aliphatic carbocycles. The van der Waals surface area contributed by atoms with Gasteiger partial charge in [0.1, 0.15) is 0 Å². The summed E-state index contributed by atoms with van der Waals surface area (Å²) in [7, 11) is 6.29. The lowest BCUT2D eigenvalue weighted by atomic mass is 10.1. The maximum Gasteiger partial charge on any atom is 0.272 e. The van der Waals surface area contributed by atoms with Gasteiger partial charge in [-0.05, 0) is 35.9 Å². The number of aromatic nitrogens is 1. The topological polar surface area (TPSA) is 71.3 Å². The third-order valence-corrected chi connectivity index (χ3v) is 5.48. The number of hydrogen-bond donors (Lipinski definition) is 0. The van der Waals surface area contributed by atoms with E-state index in [0.717, 1.165) is 15.8 Å². The molecule has 8 heteroatoms. The van der Waals surface area contributed by atoms with E-state index in [1.165, 1.54) is 17.4 Å². The number of amides is 1. The van der Waals surface area contributed by atoms with Crippen molar-refractivity contribution in [3.05, 3.63) is 52.8 Å². The number of carbonyl (C=O) groups is 1. The van der Waals surface area contributed by atoms with Gasteiger partial charge in [-0.3, -0.25) is 4.79 Å². The van der Waals surface area contributed by atoms with E-state index in [-0.39, 0.29) is 5.91 Å². The highest BCUT2D eigenvalue weighted by Crippen LogP contribution is 2.38. The van der Waals surface area contributed by atoms with Crippen LogP contribution in [-0.4, -0.2) is 45.5 Å². The van der Waals surface area contributed by atoms with Gasteiger partial charge in [0.2, 0.25) is 5.75 Å². The van der Waals surface area contributed by atoms with Crippen LogP contribution in [0.25, 0.3) is 16.3 Å². The number of methoxy groups -OCH3 is 4. The number of ether oxygens (including phenoxy) is 4. The first-order chi connectivity index (χ1) is 14.6. The minimum Gasteiger partial charge on any atom is -0.493 e. The summed E-state index contributed by atoms with van der Waals surface area (Å²) in [5, 5.41) is 0. The minimum atomic E-state index is -0.360. The molecule has 0 saturated heterocycles. The summed E-state index contributed by atoms with van der Waals surface area (Å²) < 4.78 is 24.3. The Morgan fingerprint density at radius 2 is 1.77 bits per heavy atom. The number of para-hydroxylation sites is 1. The maximum atomic E-state index is 12.5. The van der Waals surface area contributed by atoms with Gasteiger partial charge in [-0.25, -0.2) is 0 Å². The van der Waals surface area contributed by atoms with Crippen molar-refractivity contribution in [1.82, 2.24) is 4.57 Å². The Bertz CT molecular complexity index is 1100. The van der Waals surface area contributed by atoms with Gasteiger partial charge in [-0.15, -0.1) is 0 Å². The van der Waals surface area contributed by atoms with Crippen LogP contribution in [0.3, 0.4) is 0 Å². The monoisotopic (exact) mass is 428 g/mol. The van der Waals surface area contributed by atoms with Gasteiger partial charge in [0.25, 0.3) is 5.91 Å². The summed E-state index contributed by atoms with van der Waals surface area (Å²) in [6.45, 7) is 1.15. The standard InChI is InChI=1S/C22H24N2O5S/c1-26-12-11-24-16-7-5-6-8-19(16)30-22(24)23-20(25)10-9-15-13-17(27-2)21(29-4)18(14-15)28-3/h5-10,13-14H,11-12H2,1-4H3. The first-order valence-electron chi connectivity index (χ1n) is 9.25. The van der Waals surface area contributed by atoms with Crippen LogP contribution in [0.2, 0.25) is 0 Å². The summed E-state index contributed by atoms with van der Waals surface area (Å²) in [5.41, 5.74) is 1.76. The molecule has 0 aliphatic heterocycles. The van der Waals surface area contributed by atoms with E-state index in [9.17, 15) is 4.79 Å². The molecule has 0 spiro atoms. The highest BCUT2D eigenvalue weighted by atomic mass is 32.1. The lowest BCUT2D eigenvalue weighted by Gasteiger charge is -2.12. The summed E-state index contributed by atoms with van der Waals surface area (Å²) in [6, 6.07) is 11.5. The number of rotatable bonds is 8. The second-order valence-corrected chi connectivity index (χ2v) is 7.25. The Balaban J connectivity index is 1.93. The van der Waals surface area contributed by atoms with Crippen LogP contribution < -0.4 is 19.0 Å². The van der Waals surface area contributed by atoms with Gasteiger partial charge >= 0.3 is 0 Å². The molecular weight excluding hydrogens is 404 g/mol. The average Bonchev–Trinajstić information content (AvgIpc) is 3.12. The second-order valence-electron chi connectivity index (χ2n) is 6.24. The third kappa shape index (κ3) is 4.72. The van der Waals surface area contributed by atoms with E-state index in [0.29, 0.717) is 35.2 Å². The van der Waals surface area contributed by atoms with E-state index >= 15 is 0 Å². The van der Waals surface area contributed by atoms with Crippen molar-refractivity contribution < 1.29 is 23.7 Å². The fourth-order valence-corrected chi connectivity index (χ4v) is 4.06. The van der Waals surface area contributed by atoms with Crippen molar-refractivity contribution in [3.63, 3.8) is 0 Å². The summed E-state index contributed by atoms with van der Waals surface area (Å²) in [4.78, 5) is 17.5. The molecule has 0 N–H and O–H groups in total. The van der Waals surface area contributed by atoms with Crippen molar-refractivity contribution >= 4 is 33.5 Å². The predicted molar refractivity (Wildman–Crippen MR) is 117 cm³/mol. The number of carbonyl (C=O) groups excluding carboxylic acids is 1. The molecule has 1 aromatic heterocycles. The average molecular weight is 429 g/mol. The van der Waals surface area contributed by atoms with Gasteiger partial charge in [-0.2, -0.15) is 4.99 Å². The fraction of sp³-hybridized carbons (Fsp3) is 0.273. The van der Waals surface area contributed by atoms with Gasteiger partial charge in [0.05, 0.1) is 38.2 Å². The first kappa shape index (κ1) is 21.6. The molecule has 1 amide bonds. The highest BCUT2D eigenvalue weighted by molar-refractivity contribution is 7.16. The zero-order valence-electron chi connectivity index (χ0n) is 17.4. The number of hydrogen-bond acceptors (Lipinski definition) is 6.